The lowest BCUT2D eigenvalue weighted by molar-refractivity contribution is -0.142. The van der Waals surface area contributed by atoms with Gasteiger partial charge < -0.3 is 9.16 Å². The highest BCUT2D eigenvalue weighted by atomic mass is 28.4. The van der Waals surface area contributed by atoms with E-state index in [-0.39, 0.29) is 11.7 Å². The first-order valence-corrected chi connectivity index (χ1v) is 9.60. The van der Waals surface area contributed by atoms with Crippen molar-refractivity contribution in [3.63, 3.8) is 0 Å². The van der Waals surface area contributed by atoms with Gasteiger partial charge in [0, 0.05) is 12.2 Å². The van der Waals surface area contributed by atoms with Gasteiger partial charge in [0.2, 0.25) is 8.32 Å². The van der Waals surface area contributed by atoms with Crippen LogP contribution >= 0.6 is 0 Å². The fourth-order valence-electron chi connectivity index (χ4n) is 1.86. The van der Waals surface area contributed by atoms with Gasteiger partial charge in [-0.1, -0.05) is 33.3 Å². The first kappa shape index (κ1) is 17.4. The molecule has 0 radical (unpaired) electrons. The number of esters is 1. The van der Waals surface area contributed by atoms with E-state index in [1.54, 1.807) is 6.92 Å². The predicted molar refractivity (Wildman–Crippen MR) is 77.9 cm³/mol. The minimum atomic E-state index is -1.98. The summed E-state index contributed by atoms with van der Waals surface area (Å²) in [6.45, 7) is 14.4. The third-order valence-electron chi connectivity index (χ3n) is 3.27. The molecular weight excluding hydrogens is 244 g/mol. The van der Waals surface area contributed by atoms with Gasteiger partial charge in [-0.25, -0.2) is 4.79 Å². The van der Waals surface area contributed by atoms with Gasteiger partial charge in [-0.3, -0.25) is 0 Å². The van der Waals surface area contributed by atoms with E-state index in [1.807, 2.05) is 6.92 Å². The van der Waals surface area contributed by atoms with Crippen molar-refractivity contribution in [3.8, 4) is 0 Å². The number of hydrogen-bond acceptors (Lipinski definition) is 3. The fourth-order valence-corrected chi connectivity index (χ4v) is 4.54. The van der Waals surface area contributed by atoms with Crippen LogP contribution in [0.3, 0.4) is 0 Å². The molecule has 2 atom stereocenters. The highest BCUT2D eigenvalue weighted by Crippen LogP contribution is 2.24. The van der Waals surface area contributed by atoms with Gasteiger partial charge in [-0.2, -0.15) is 0 Å². The van der Waals surface area contributed by atoms with Crippen LogP contribution in [0.15, 0.2) is 12.2 Å². The summed E-state index contributed by atoms with van der Waals surface area (Å²) >= 11 is 0. The van der Waals surface area contributed by atoms with Gasteiger partial charge in [-0.05, 0) is 32.9 Å². The quantitative estimate of drug-likeness (QED) is 0.363. The van der Waals surface area contributed by atoms with E-state index in [9.17, 15) is 4.79 Å². The third-order valence-corrected chi connectivity index (χ3v) is 7.40. The average Bonchev–Trinajstić information content (AvgIpc) is 2.33. The Morgan fingerprint density at radius 1 is 1.33 bits per heavy atom. The van der Waals surface area contributed by atoms with E-state index in [4.69, 9.17) is 9.16 Å². The zero-order valence-electron chi connectivity index (χ0n) is 12.5. The van der Waals surface area contributed by atoms with E-state index in [2.05, 4.69) is 27.0 Å². The van der Waals surface area contributed by atoms with Crippen molar-refractivity contribution in [2.75, 3.05) is 6.61 Å². The van der Waals surface area contributed by atoms with Crippen LogP contribution in [0.25, 0.3) is 0 Å². The summed E-state index contributed by atoms with van der Waals surface area (Å²) in [6, 6.07) is 0.957. The molecule has 0 N–H and O–H groups in total. The summed E-state index contributed by atoms with van der Waals surface area (Å²) in [5.41, 5.74) is 0.395. The Hall–Kier alpha value is -0.613. The SMILES string of the molecule is C=C(C)C(=O)OC(CCCC)[Si](C)(CC)OCC. The molecule has 0 fully saturated rings. The molecule has 0 bridgehead atoms. The van der Waals surface area contributed by atoms with Crippen molar-refractivity contribution in [2.24, 2.45) is 0 Å². The first-order chi connectivity index (χ1) is 8.41. The van der Waals surface area contributed by atoms with Crippen molar-refractivity contribution >= 4 is 14.3 Å². The minimum absolute atomic E-state index is 0.0633. The topological polar surface area (TPSA) is 35.5 Å². The zero-order chi connectivity index (χ0) is 14.2. The number of ether oxygens (including phenoxy) is 1. The van der Waals surface area contributed by atoms with Crippen molar-refractivity contribution in [2.45, 2.75) is 65.3 Å². The standard InChI is InChI=1S/C14H28O3Si/c1-7-10-11-13(17-14(15)12(4)5)18(6,9-3)16-8-2/h13H,4,7-11H2,1-3,5-6H3. The Bertz CT molecular complexity index is 278. The lowest BCUT2D eigenvalue weighted by atomic mass is 10.2. The summed E-state index contributed by atoms with van der Waals surface area (Å²) < 4.78 is 11.6. The minimum Gasteiger partial charge on any atom is -0.460 e. The van der Waals surface area contributed by atoms with Gasteiger partial charge in [0.15, 0.2) is 0 Å². The van der Waals surface area contributed by atoms with E-state index in [0.29, 0.717) is 12.2 Å². The van der Waals surface area contributed by atoms with Crippen LogP contribution in [-0.2, 0) is 14.0 Å². The molecule has 4 heteroatoms. The lowest BCUT2D eigenvalue weighted by Gasteiger charge is -2.34. The van der Waals surface area contributed by atoms with Crippen LogP contribution in [0.4, 0.5) is 0 Å². The summed E-state index contributed by atoms with van der Waals surface area (Å²) in [6.07, 6.45) is 3.05. The van der Waals surface area contributed by atoms with Gasteiger partial charge in [0.1, 0.15) is 5.73 Å². The van der Waals surface area contributed by atoms with Crippen molar-refractivity contribution in [3.05, 3.63) is 12.2 Å². The maximum absolute atomic E-state index is 11.7. The molecule has 2 unspecified atom stereocenters. The first-order valence-electron chi connectivity index (χ1n) is 6.91. The molecule has 0 saturated carbocycles. The highest BCUT2D eigenvalue weighted by molar-refractivity contribution is 6.73. The molecule has 0 aromatic carbocycles. The van der Waals surface area contributed by atoms with Crippen LogP contribution in [0.5, 0.6) is 0 Å². The van der Waals surface area contributed by atoms with Gasteiger partial charge in [0.25, 0.3) is 0 Å². The lowest BCUT2D eigenvalue weighted by Crippen LogP contribution is -2.49. The molecule has 0 rings (SSSR count). The average molecular weight is 272 g/mol. The Labute approximate surface area is 113 Å². The molecule has 0 aromatic heterocycles. The molecule has 0 aliphatic rings. The van der Waals surface area contributed by atoms with Crippen LogP contribution in [0, 0.1) is 0 Å². The summed E-state index contributed by atoms with van der Waals surface area (Å²) in [5, 5.41) is 0. The second kappa shape index (κ2) is 8.48. The molecular formula is C14H28O3Si. The largest absolute Gasteiger partial charge is 0.460 e. The Balaban J connectivity index is 4.83. The second-order valence-corrected chi connectivity index (χ2v) is 9.18. The molecule has 0 aliphatic heterocycles. The Kier molecular flexibility index (Phi) is 8.19. The van der Waals surface area contributed by atoms with Crippen molar-refractivity contribution in [1.82, 2.24) is 0 Å². The normalized spacial score (nSPS) is 15.8. The van der Waals surface area contributed by atoms with Crippen LogP contribution in [-0.4, -0.2) is 26.6 Å². The highest BCUT2D eigenvalue weighted by Gasteiger charge is 2.39. The molecule has 3 nitrogen and oxygen atoms in total. The van der Waals surface area contributed by atoms with E-state index in [0.717, 1.165) is 25.3 Å². The van der Waals surface area contributed by atoms with E-state index in [1.165, 1.54) is 0 Å². The molecule has 0 aromatic rings. The summed E-state index contributed by atoms with van der Waals surface area (Å²) in [7, 11) is -1.98. The van der Waals surface area contributed by atoms with E-state index >= 15 is 0 Å². The van der Waals surface area contributed by atoms with Crippen LogP contribution < -0.4 is 0 Å². The maximum Gasteiger partial charge on any atom is 0.333 e. The fraction of sp³-hybridized carbons (Fsp3) is 0.786. The molecule has 18 heavy (non-hydrogen) atoms. The molecule has 0 saturated heterocycles. The zero-order valence-corrected chi connectivity index (χ0v) is 13.5. The second-order valence-electron chi connectivity index (χ2n) is 4.92. The van der Waals surface area contributed by atoms with Crippen LogP contribution in [0.2, 0.25) is 12.6 Å². The number of carbonyl (C=O) groups is 1. The summed E-state index contributed by atoms with van der Waals surface area (Å²) in [4.78, 5) is 11.7. The molecule has 0 heterocycles. The number of unbranched alkanes of at least 4 members (excludes halogenated alkanes) is 1. The molecule has 0 amide bonds. The van der Waals surface area contributed by atoms with Gasteiger partial charge in [-0.15, -0.1) is 0 Å². The molecule has 106 valence electrons. The van der Waals surface area contributed by atoms with E-state index < -0.39 is 8.32 Å². The Morgan fingerprint density at radius 3 is 2.33 bits per heavy atom. The number of rotatable bonds is 9. The Morgan fingerprint density at radius 2 is 1.94 bits per heavy atom. The number of hydrogen-bond donors (Lipinski definition) is 0. The number of carbonyl (C=O) groups excluding carboxylic acids is 1. The molecule has 0 aliphatic carbocycles. The predicted octanol–water partition coefficient (Wildman–Crippen LogP) is 3.84. The van der Waals surface area contributed by atoms with Crippen molar-refractivity contribution in [1.29, 1.82) is 0 Å². The van der Waals surface area contributed by atoms with Gasteiger partial charge >= 0.3 is 5.97 Å². The van der Waals surface area contributed by atoms with Gasteiger partial charge in [0.05, 0.1) is 0 Å². The monoisotopic (exact) mass is 272 g/mol. The summed E-state index contributed by atoms with van der Waals surface area (Å²) in [5.74, 6) is -0.289. The smallest absolute Gasteiger partial charge is 0.333 e. The van der Waals surface area contributed by atoms with Crippen LogP contribution in [0.1, 0.15) is 47.0 Å². The maximum atomic E-state index is 11.7. The van der Waals surface area contributed by atoms with Crippen molar-refractivity contribution < 1.29 is 14.0 Å². The molecule has 0 spiro atoms. The third kappa shape index (κ3) is 5.36.